The maximum absolute atomic E-state index is 12.6. The van der Waals surface area contributed by atoms with Gasteiger partial charge in [-0.3, -0.25) is 9.59 Å². The maximum Gasteiger partial charge on any atom is 0.280 e. The van der Waals surface area contributed by atoms with Crippen LogP contribution in [-0.4, -0.2) is 16.4 Å². The fourth-order valence-corrected chi connectivity index (χ4v) is 4.06. The number of carbonyl (C=O) groups is 2. The standard InChI is InChI=1S/C19H16BrN3O2S/c1-3-10-23-16-9-8-13(21-12(2)24)11-17(16)26-19(23)22-18(25)14-6-4-5-7-15(14)20/h3-9,11H,1,10H2,2H3,(H,21,24)/b22-19-. The molecule has 0 saturated heterocycles. The van der Waals surface area contributed by atoms with Crippen LogP contribution in [0.25, 0.3) is 10.2 Å². The molecule has 2 amide bonds. The van der Waals surface area contributed by atoms with Crippen molar-refractivity contribution in [2.24, 2.45) is 4.99 Å². The number of carbonyl (C=O) groups excluding carboxylic acids is 2. The van der Waals surface area contributed by atoms with Gasteiger partial charge in [-0.05, 0) is 46.3 Å². The first-order chi connectivity index (χ1) is 12.5. The van der Waals surface area contributed by atoms with Crippen molar-refractivity contribution < 1.29 is 9.59 Å². The average Bonchev–Trinajstić information content (AvgIpc) is 2.91. The molecule has 0 atom stereocenters. The van der Waals surface area contributed by atoms with Crippen LogP contribution in [0.2, 0.25) is 0 Å². The predicted octanol–water partition coefficient (Wildman–Crippen LogP) is 4.35. The highest BCUT2D eigenvalue weighted by atomic mass is 79.9. The van der Waals surface area contributed by atoms with Gasteiger partial charge in [0.1, 0.15) is 0 Å². The Kier molecular flexibility index (Phi) is 5.49. The van der Waals surface area contributed by atoms with Gasteiger partial charge in [-0.1, -0.05) is 29.5 Å². The lowest BCUT2D eigenvalue weighted by molar-refractivity contribution is -0.114. The minimum Gasteiger partial charge on any atom is -0.326 e. The second-order valence-corrected chi connectivity index (χ2v) is 7.41. The summed E-state index contributed by atoms with van der Waals surface area (Å²) >= 11 is 4.78. The zero-order valence-electron chi connectivity index (χ0n) is 14.0. The van der Waals surface area contributed by atoms with Gasteiger partial charge >= 0.3 is 0 Å². The van der Waals surface area contributed by atoms with Gasteiger partial charge in [0, 0.05) is 23.6 Å². The molecule has 7 heteroatoms. The molecule has 5 nitrogen and oxygen atoms in total. The van der Waals surface area contributed by atoms with Crippen LogP contribution in [0.15, 0.2) is 64.6 Å². The summed E-state index contributed by atoms with van der Waals surface area (Å²) in [6, 6.07) is 12.8. The van der Waals surface area contributed by atoms with Gasteiger partial charge in [-0.15, -0.1) is 6.58 Å². The lowest BCUT2D eigenvalue weighted by Gasteiger charge is -2.04. The van der Waals surface area contributed by atoms with Crippen LogP contribution in [0.3, 0.4) is 0 Å². The summed E-state index contributed by atoms with van der Waals surface area (Å²) in [7, 11) is 0. The van der Waals surface area contributed by atoms with Crippen molar-refractivity contribution in [2.45, 2.75) is 13.5 Å². The SMILES string of the molecule is C=CCn1/c(=N/C(=O)c2ccccc2Br)sc2cc(NC(C)=O)ccc21. The van der Waals surface area contributed by atoms with Gasteiger partial charge in [0.25, 0.3) is 5.91 Å². The van der Waals surface area contributed by atoms with E-state index in [1.54, 1.807) is 18.2 Å². The van der Waals surface area contributed by atoms with Crippen LogP contribution in [0.5, 0.6) is 0 Å². The molecule has 0 saturated carbocycles. The quantitative estimate of drug-likeness (QED) is 0.626. The van der Waals surface area contributed by atoms with Gasteiger partial charge in [0.05, 0.1) is 15.8 Å². The zero-order chi connectivity index (χ0) is 18.7. The Morgan fingerprint density at radius 1 is 1.31 bits per heavy atom. The van der Waals surface area contributed by atoms with Crippen LogP contribution >= 0.6 is 27.3 Å². The minimum atomic E-state index is -0.316. The molecule has 0 radical (unpaired) electrons. The number of nitrogens with one attached hydrogen (secondary N) is 1. The van der Waals surface area contributed by atoms with Crippen LogP contribution in [0, 0.1) is 0 Å². The molecule has 0 spiro atoms. The second-order valence-electron chi connectivity index (χ2n) is 5.54. The predicted molar refractivity (Wildman–Crippen MR) is 108 cm³/mol. The van der Waals surface area contributed by atoms with Crippen molar-refractivity contribution in [1.82, 2.24) is 4.57 Å². The highest BCUT2D eigenvalue weighted by Crippen LogP contribution is 2.23. The third-order valence-corrected chi connectivity index (χ3v) is 5.35. The zero-order valence-corrected chi connectivity index (χ0v) is 16.4. The maximum atomic E-state index is 12.6. The van der Waals surface area contributed by atoms with E-state index in [9.17, 15) is 9.59 Å². The molecule has 1 N–H and O–H groups in total. The molecule has 0 aliphatic rings. The summed E-state index contributed by atoms with van der Waals surface area (Å²) < 4.78 is 3.56. The molecule has 2 aromatic carbocycles. The molecule has 0 aliphatic carbocycles. The van der Waals surface area contributed by atoms with Crippen molar-refractivity contribution in [3.8, 4) is 0 Å². The minimum absolute atomic E-state index is 0.131. The van der Waals surface area contributed by atoms with E-state index in [-0.39, 0.29) is 11.8 Å². The number of thiazole rings is 1. The van der Waals surface area contributed by atoms with E-state index in [2.05, 4.69) is 32.8 Å². The first kappa shape index (κ1) is 18.3. The Bertz CT molecular complexity index is 1080. The Morgan fingerprint density at radius 3 is 2.77 bits per heavy atom. The fraction of sp³-hybridized carbons (Fsp3) is 0.105. The Balaban J connectivity index is 2.13. The van der Waals surface area contributed by atoms with Crippen LogP contribution in [0.4, 0.5) is 5.69 Å². The summed E-state index contributed by atoms with van der Waals surface area (Å²) in [5.74, 6) is -0.446. The Labute approximate surface area is 162 Å². The number of hydrogen-bond donors (Lipinski definition) is 1. The van der Waals surface area contributed by atoms with Crippen molar-refractivity contribution in [3.05, 3.63) is 70.0 Å². The first-order valence-corrected chi connectivity index (χ1v) is 9.46. The third-order valence-electron chi connectivity index (χ3n) is 3.62. The normalized spacial score (nSPS) is 11.5. The Hall–Kier alpha value is -2.51. The highest BCUT2D eigenvalue weighted by Gasteiger charge is 2.11. The number of hydrogen-bond acceptors (Lipinski definition) is 3. The fourth-order valence-electron chi connectivity index (χ4n) is 2.53. The number of allylic oxidation sites excluding steroid dienone is 1. The van der Waals surface area contributed by atoms with Crippen molar-refractivity contribution in [3.63, 3.8) is 0 Å². The molecule has 26 heavy (non-hydrogen) atoms. The van der Waals surface area contributed by atoms with Crippen LogP contribution < -0.4 is 10.1 Å². The second kappa shape index (κ2) is 7.80. The number of nitrogens with zero attached hydrogens (tertiary/aromatic N) is 2. The third kappa shape index (κ3) is 3.84. The number of aromatic nitrogens is 1. The number of benzene rings is 2. The van der Waals surface area contributed by atoms with E-state index in [1.807, 2.05) is 34.9 Å². The molecule has 3 aromatic rings. The molecule has 0 aliphatic heterocycles. The van der Waals surface area contributed by atoms with Gasteiger partial charge in [0.2, 0.25) is 5.91 Å². The topological polar surface area (TPSA) is 63.5 Å². The van der Waals surface area contributed by atoms with Crippen LogP contribution in [0.1, 0.15) is 17.3 Å². The van der Waals surface area contributed by atoms with Gasteiger partial charge in [-0.2, -0.15) is 4.99 Å². The van der Waals surface area contributed by atoms with E-state index < -0.39 is 0 Å². The van der Waals surface area contributed by atoms with E-state index in [0.29, 0.717) is 27.1 Å². The number of anilines is 1. The first-order valence-electron chi connectivity index (χ1n) is 7.85. The summed E-state index contributed by atoms with van der Waals surface area (Å²) in [4.78, 5) is 28.8. The summed E-state index contributed by atoms with van der Waals surface area (Å²) in [6.07, 6.45) is 1.76. The number of rotatable bonds is 4. The molecule has 132 valence electrons. The summed E-state index contributed by atoms with van der Waals surface area (Å²) in [6.45, 7) is 5.78. The molecular formula is C19H16BrN3O2S. The van der Waals surface area contributed by atoms with Gasteiger partial charge in [-0.25, -0.2) is 0 Å². The summed E-state index contributed by atoms with van der Waals surface area (Å²) in [5, 5.41) is 2.77. The molecular weight excluding hydrogens is 414 g/mol. The molecule has 0 bridgehead atoms. The average molecular weight is 430 g/mol. The van der Waals surface area contributed by atoms with E-state index >= 15 is 0 Å². The van der Waals surface area contributed by atoms with Gasteiger partial charge < -0.3 is 9.88 Å². The number of fused-ring (bicyclic) bond motifs is 1. The van der Waals surface area contributed by atoms with Crippen molar-refractivity contribution in [2.75, 3.05) is 5.32 Å². The van der Waals surface area contributed by atoms with Crippen molar-refractivity contribution >= 4 is 55.0 Å². The smallest absolute Gasteiger partial charge is 0.280 e. The van der Waals surface area contributed by atoms with Crippen molar-refractivity contribution in [1.29, 1.82) is 0 Å². The van der Waals surface area contributed by atoms with Gasteiger partial charge in [0.15, 0.2) is 4.80 Å². The summed E-state index contributed by atoms with van der Waals surface area (Å²) in [5.41, 5.74) is 2.15. The number of halogens is 1. The molecule has 1 aromatic heterocycles. The molecule has 0 fully saturated rings. The monoisotopic (exact) mass is 429 g/mol. The largest absolute Gasteiger partial charge is 0.326 e. The molecule has 0 unspecified atom stereocenters. The van der Waals surface area contributed by atoms with E-state index in [1.165, 1.54) is 18.3 Å². The van der Waals surface area contributed by atoms with Crippen LogP contribution in [-0.2, 0) is 11.3 Å². The lowest BCUT2D eigenvalue weighted by Crippen LogP contribution is -2.16. The number of amides is 2. The van der Waals surface area contributed by atoms with E-state index in [0.717, 1.165) is 10.2 Å². The Morgan fingerprint density at radius 2 is 2.08 bits per heavy atom. The molecule has 3 rings (SSSR count). The lowest BCUT2D eigenvalue weighted by atomic mass is 10.2. The molecule has 1 heterocycles. The van der Waals surface area contributed by atoms with E-state index in [4.69, 9.17) is 0 Å². The highest BCUT2D eigenvalue weighted by molar-refractivity contribution is 9.10.